The van der Waals surface area contributed by atoms with Gasteiger partial charge in [0.1, 0.15) is 12.6 Å². The van der Waals surface area contributed by atoms with Crippen molar-refractivity contribution in [3.05, 3.63) is 59.7 Å². The van der Waals surface area contributed by atoms with Crippen molar-refractivity contribution < 1.29 is 24.2 Å². The van der Waals surface area contributed by atoms with Crippen LogP contribution in [0.25, 0.3) is 11.1 Å². The first-order chi connectivity index (χ1) is 16.4. The van der Waals surface area contributed by atoms with Gasteiger partial charge in [-0.05, 0) is 41.0 Å². The van der Waals surface area contributed by atoms with Gasteiger partial charge in [0.15, 0.2) is 0 Å². The summed E-state index contributed by atoms with van der Waals surface area (Å²) in [4.78, 5) is 38.9. The van der Waals surface area contributed by atoms with Crippen molar-refractivity contribution in [2.45, 2.75) is 45.1 Å². The number of rotatable bonds is 7. The number of carbonyl (C=O) groups excluding carboxylic acids is 2. The number of fused-ring (bicyclic) bond motifs is 3. The monoisotopic (exact) mass is 464 g/mol. The van der Waals surface area contributed by atoms with Gasteiger partial charge in [0, 0.05) is 19.0 Å². The number of aliphatic carboxylic acids is 1. The first-order valence-electron chi connectivity index (χ1n) is 12.0. The molecule has 2 aromatic rings. The maximum atomic E-state index is 13.1. The summed E-state index contributed by atoms with van der Waals surface area (Å²) >= 11 is 0. The molecule has 3 atom stereocenters. The number of piperidine rings is 1. The molecule has 0 saturated carbocycles. The van der Waals surface area contributed by atoms with Crippen LogP contribution in [0.3, 0.4) is 0 Å². The summed E-state index contributed by atoms with van der Waals surface area (Å²) in [6.45, 7) is 4.76. The number of nitrogens with zero attached hydrogens (tertiary/aromatic N) is 1. The summed E-state index contributed by atoms with van der Waals surface area (Å²) in [5.41, 5.74) is 4.58. The smallest absolute Gasteiger partial charge is 0.407 e. The summed E-state index contributed by atoms with van der Waals surface area (Å²) < 4.78 is 5.63. The number of amides is 2. The molecule has 4 rings (SSSR count). The van der Waals surface area contributed by atoms with Gasteiger partial charge in [0.2, 0.25) is 5.91 Å². The zero-order valence-corrected chi connectivity index (χ0v) is 19.7. The number of hydrogen-bond acceptors (Lipinski definition) is 4. The predicted molar refractivity (Wildman–Crippen MR) is 128 cm³/mol. The zero-order chi connectivity index (χ0) is 24.2. The van der Waals surface area contributed by atoms with E-state index in [4.69, 9.17) is 4.74 Å². The number of likely N-dealkylation sites (tertiary alicyclic amines) is 1. The Kier molecular flexibility index (Phi) is 7.20. The lowest BCUT2D eigenvalue weighted by atomic mass is 9.86. The third-order valence-corrected chi connectivity index (χ3v) is 7.05. The second-order valence-electron chi connectivity index (χ2n) is 9.31. The Morgan fingerprint density at radius 3 is 2.26 bits per heavy atom. The van der Waals surface area contributed by atoms with Gasteiger partial charge in [-0.3, -0.25) is 9.59 Å². The van der Waals surface area contributed by atoms with Crippen LogP contribution in [-0.2, 0) is 14.3 Å². The predicted octanol–water partition coefficient (Wildman–Crippen LogP) is 4.26. The molecule has 7 heteroatoms. The van der Waals surface area contributed by atoms with E-state index in [1.165, 1.54) is 0 Å². The fraction of sp³-hybridized carbons (Fsp3) is 0.444. The minimum atomic E-state index is -0.818. The molecule has 2 unspecified atom stereocenters. The quantitative estimate of drug-likeness (QED) is 0.638. The molecule has 1 heterocycles. The molecule has 1 saturated heterocycles. The molecule has 2 aliphatic rings. The second-order valence-corrected chi connectivity index (χ2v) is 9.31. The molecular formula is C27H32N2O5. The molecule has 0 radical (unpaired) electrons. The van der Waals surface area contributed by atoms with Crippen LogP contribution < -0.4 is 5.32 Å². The van der Waals surface area contributed by atoms with Gasteiger partial charge in [0.05, 0.1) is 5.92 Å². The van der Waals surface area contributed by atoms with Crippen LogP contribution in [-0.4, -0.2) is 53.7 Å². The van der Waals surface area contributed by atoms with Crippen LogP contribution in [0.15, 0.2) is 48.5 Å². The highest BCUT2D eigenvalue weighted by Crippen LogP contribution is 2.44. The van der Waals surface area contributed by atoms with Crippen LogP contribution in [0.1, 0.15) is 50.2 Å². The number of alkyl carbamates (subject to hydrolysis) is 1. The third kappa shape index (κ3) is 4.79. The summed E-state index contributed by atoms with van der Waals surface area (Å²) in [5, 5.41) is 12.1. The van der Waals surface area contributed by atoms with E-state index in [9.17, 15) is 19.5 Å². The van der Waals surface area contributed by atoms with Crippen LogP contribution in [0, 0.1) is 11.8 Å². The molecule has 7 nitrogen and oxygen atoms in total. The van der Waals surface area contributed by atoms with E-state index >= 15 is 0 Å². The van der Waals surface area contributed by atoms with Gasteiger partial charge in [-0.1, -0.05) is 68.8 Å². The van der Waals surface area contributed by atoms with Gasteiger partial charge in [-0.25, -0.2) is 4.79 Å². The largest absolute Gasteiger partial charge is 0.481 e. The molecule has 1 aliphatic carbocycles. The Bertz CT molecular complexity index is 1020. The van der Waals surface area contributed by atoms with E-state index in [1.807, 2.05) is 38.1 Å². The van der Waals surface area contributed by atoms with Crippen LogP contribution in [0.5, 0.6) is 0 Å². The first kappa shape index (κ1) is 23.8. The van der Waals surface area contributed by atoms with Crippen molar-refractivity contribution in [3.8, 4) is 11.1 Å². The van der Waals surface area contributed by atoms with Crippen LogP contribution >= 0.6 is 0 Å². The maximum Gasteiger partial charge on any atom is 0.407 e. The normalized spacial score (nSPS) is 20.2. The number of carbonyl (C=O) groups is 3. The van der Waals surface area contributed by atoms with Crippen molar-refractivity contribution >= 4 is 18.0 Å². The molecule has 1 fully saturated rings. The Morgan fingerprint density at radius 1 is 1.09 bits per heavy atom. The topological polar surface area (TPSA) is 95.9 Å². The lowest BCUT2D eigenvalue weighted by Crippen LogP contribution is -2.53. The van der Waals surface area contributed by atoms with Gasteiger partial charge in [0.25, 0.3) is 0 Å². The molecule has 180 valence electrons. The van der Waals surface area contributed by atoms with E-state index in [0.29, 0.717) is 25.9 Å². The van der Waals surface area contributed by atoms with Crippen molar-refractivity contribution in [2.24, 2.45) is 11.8 Å². The minimum Gasteiger partial charge on any atom is -0.481 e. The standard InChI is InChI=1S/C27H32N2O5/c1-3-8-24(25(30)29-14-13-18(26(31)32)17(2)15-29)28-27(33)34-16-23-21-11-6-4-9-19(21)20-10-5-7-12-22(20)23/h4-7,9-12,17-18,23-24H,3,8,13-16H2,1-2H3,(H,28,33)(H,31,32)/t17?,18?,24-/m0/s1. The van der Waals surface area contributed by atoms with Gasteiger partial charge < -0.3 is 20.1 Å². The van der Waals surface area contributed by atoms with E-state index < -0.39 is 24.0 Å². The highest BCUT2D eigenvalue weighted by atomic mass is 16.5. The highest BCUT2D eigenvalue weighted by Gasteiger charge is 2.36. The molecule has 0 bridgehead atoms. The number of carboxylic acids is 1. The Labute approximate surface area is 200 Å². The first-order valence-corrected chi connectivity index (χ1v) is 12.0. The Morgan fingerprint density at radius 2 is 1.71 bits per heavy atom. The van der Waals surface area contributed by atoms with E-state index in [-0.39, 0.29) is 24.3 Å². The molecular weight excluding hydrogens is 432 g/mol. The minimum absolute atomic E-state index is 0.0469. The zero-order valence-electron chi connectivity index (χ0n) is 19.7. The van der Waals surface area contributed by atoms with E-state index in [1.54, 1.807) is 4.90 Å². The number of nitrogens with one attached hydrogen (secondary N) is 1. The lowest BCUT2D eigenvalue weighted by Gasteiger charge is -2.36. The number of carboxylic acid groups (broad SMARTS) is 1. The summed E-state index contributed by atoms with van der Waals surface area (Å²) in [6, 6.07) is 15.6. The third-order valence-electron chi connectivity index (χ3n) is 7.05. The van der Waals surface area contributed by atoms with Crippen molar-refractivity contribution in [1.82, 2.24) is 10.2 Å². The number of ether oxygens (including phenoxy) is 1. The molecule has 2 amide bonds. The molecule has 1 aliphatic heterocycles. The van der Waals surface area contributed by atoms with E-state index in [2.05, 4.69) is 29.6 Å². The SMILES string of the molecule is CCC[C@H](NC(=O)OCC1c2ccccc2-c2ccccc21)C(=O)N1CCC(C(=O)O)C(C)C1. The average Bonchev–Trinajstić information content (AvgIpc) is 3.15. The average molecular weight is 465 g/mol. The van der Waals surface area contributed by atoms with Crippen molar-refractivity contribution in [1.29, 1.82) is 0 Å². The molecule has 2 N–H and O–H groups in total. The molecule has 0 aromatic heterocycles. The highest BCUT2D eigenvalue weighted by molar-refractivity contribution is 5.86. The lowest BCUT2D eigenvalue weighted by molar-refractivity contribution is -0.148. The maximum absolute atomic E-state index is 13.1. The van der Waals surface area contributed by atoms with Gasteiger partial charge in [-0.2, -0.15) is 0 Å². The molecule has 0 spiro atoms. The summed E-state index contributed by atoms with van der Waals surface area (Å²) in [6.07, 6.45) is 1.03. The van der Waals surface area contributed by atoms with Crippen molar-refractivity contribution in [3.63, 3.8) is 0 Å². The Balaban J connectivity index is 1.38. The Hall–Kier alpha value is -3.35. The van der Waals surface area contributed by atoms with Gasteiger partial charge in [-0.15, -0.1) is 0 Å². The molecule has 34 heavy (non-hydrogen) atoms. The van der Waals surface area contributed by atoms with Crippen LogP contribution in [0.4, 0.5) is 4.79 Å². The second kappa shape index (κ2) is 10.3. The van der Waals surface area contributed by atoms with E-state index in [0.717, 1.165) is 28.7 Å². The summed E-state index contributed by atoms with van der Waals surface area (Å²) in [5.74, 6) is -1.61. The van der Waals surface area contributed by atoms with Crippen molar-refractivity contribution in [2.75, 3.05) is 19.7 Å². The van der Waals surface area contributed by atoms with Crippen LogP contribution in [0.2, 0.25) is 0 Å². The number of hydrogen-bond donors (Lipinski definition) is 2. The summed E-state index contributed by atoms with van der Waals surface area (Å²) in [7, 11) is 0. The fourth-order valence-corrected chi connectivity index (χ4v) is 5.26. The molecule has 2 aromatic carbocycles. The van der Waals surface area contributed by atoms with Gasteiger partial charge >= 0.3 is 12.1 Å². The fourth-order valence-electron chi connectivity index (χ4n) is 5.26. The number of benzene rings is 2.